The van der Waals surface area contributed by atoms with Crippen LogP contribution in [0.15, 0.2) is 176 Å². The molecular formula is C49H32N2S. The van der Waals surface area contributed by atoms with Gasteiger partial charge in [-0.05, 0) is 95.4 Å². The maximum atomic E-state index is 2.47. The number of para-hydroxylation sites is 3. The van der Waals surface area contributed by atoms with Crippen LogP contribution in [0, 0.1) is 6.92 Å². The van der Waals surface area contributed by atoms with Crippen LogP contribution in [0.2, 0.25) is 0 Å². The molecule has 2 nitrogen and oxygen atoms in total. The minimum atomic E-state index is 1.18. The van der Waals surface area contributed by atoms with E-state index in [9.17, 15) is 0 Å². The van der Waals surface area contributed by atoms with Gasteiger partial charge in [0.1, 0.15) is 0 Å². The molecule has 0 atom stereocenters. The number of aromatic nitrogens is 2. The van der Waals surface area contributed by atoms with E-state index in [0.717, 1.165) is 0 Å². The van der Waals surface area contributed by atoms with Gasteiger partial charge in [0, 0.05) is 53.1 Å². The average molecular weight is 681 g/mol. The maximum Gasteiger partial charge on any atom is 0.0541 e. The zero-order chi connectivity index (χ0) is 34.3. The molecule has 0 amide bonds. The third-order valence-corrected chi connectivity index (χ3v) is 12.1. The molecule has 0 unspecified atom stereocenters. The summed E-state index contributed by atoms with van der Waals surface area (Å²) in [7, 11) is 0. The molecule has 0 aliphatic heterocycles. The van der Waals surface area contributed by atoms with Gasteiger partial charge >= 0.3 is 0 Å². The predicted molar refractivity (Wildman–Crippen MR) is 224 cm³/mol. The standard InChI is InChI=1S/C49H32N2S/c1-31-22-23-34(36-17-11-18-40-39-16-7-10-21-48(39)52-49(36)40)30-47(31)51-44-20-9-6-15-38(44)42-29-33(25-27-46(42)51)32-24-26-45-41(28-32)37-14-5-8-19-43(37)50(45)35-12-3-2-4-13-35/h2-30H,1H3. The zero-order valence-corrected chi connectivity index (χ0v) is 29.4. The summed E-state index contributed by atoms with van der Waals surface area (Å²) in [5, 5.41) is 7.71. The Morgan fingerprint density at radius 3 is 1.67 bits per heavy atom. The molecule has 52 heavy (non-hydrogen) atoms. The summed E-state index contributed by atoms with van der Waals surface area (Å²) >= 11 is 1.89. The summed E-state index contributed by atoms with van der Waals surface area (Å²) in [5.74, 6) is 0. The Morgan fingerprint density at radius 1 is 0.385 bits per heavy atom. The fraction of sp³-hybridized carbons (Fsp3) is 0.0204. The molecule has 0 spiro atoms. The van der Waals surface area contributed by atoms with Crippen molar-refractivity contribution in [2.45, 2.75) is 6.92 Å². The minimum absolute atomic E-state index is 1.18. The number of fused-ring (bicyclic) bond motifs is 9. The van der Waals surface area contributed by atoms with Gasteiger partial charge in [-0.25, -0.2) is 0 Å². The van der Waals surface area contributed by atoms with Crippen LogP contribution < -0.4 is 0 Å². The number of hydrogen-bond acceptors (Lipinski definition) is 1. The molecule has 0 saturated carbocycles. The first-order valence-electron chi connectivity index (χ1n) is 17.9. The molecule has 8 aromatic carbocycles. The summed E-state index contributed by atoms with van der Waals surface area (Å²) in [6.07, 6.45) is 0. The Morgan fingerprint density at radius 2 is 0.942 bits per heavy atom. The number of rotatable bonds is 4. The Labute approximate surface area is 305 Å². The van der Waals surface area contributed by atoms with Crippen molar-refractivity contribution >= 4 is 75.1 Å². The topological polar surface area (TPSA) is 9.86 Å². The molecule has 0 bridgehead atoms. The van der Waals surface area contributed by atoms with Crippen LogP contribution in [0.5, 0.6) is 0 Å². The number of thiophene rings is 1. The Bertz CT molecular complexity index is 3190. The van der Waals surface area contributed by atoms with E-state index in [1.807, 2.05) is 11.3 Å². The maximum absolute atomic E-state index is 2.47. The van der Waals surface area contributed by atoms with E-state index in [4.69, 9.17) is 0 Å². The summed E-state index contributed by atoms with van der Waals surface area (Å²) in [6.45, 7) is 2.23. The highest BCUT2D eigenvalue weighted by atomic mass is 32.1. The number of aryl methyl sites for hydroxylation is 1. The summed E-state index contributed by atoms with van der Waals surface area (Å²) in [4.78, 5) is 0. The summed E-state index contributed by atoms with van der Waals surface area (Å²) in [6, 6.07) is 64.7. The molecular weight excluding hydrogens is 649 g/mol. The van der Waals surface area contributed by atoms with Crippen molar-refractivity contribution in [3.8, 4) is 33.6 Å². The normalized spacial score (nSPS) is 11.9. The van der Waals surface area contributed by atoms with Crippen LogP contribution in [-0.4, -0.2) is 9.13 Å². The Kier molecular flexibility index (Phi) is 6.37. The molecule has 3 heteroatoms. The van der Waals surface area contributed by atoms with Gasteiger partial charge in [-0.1, -0.05) is 115 Å². The van der Waals surface area contributed by atoms with E-state index in [1.165, 1.54) is 103 Å². The fourth-order valence-electron chi connectivity index (χ4n) is 8.41. The van der Waals surface area contributed by atoms with Crippen LogP contribution in [0.1, 0.15) is 5.56 Å². The first-order chi connectivity index (χ1) is 25.7. The van der Waals surface area contributed by atoms with E-state index in [2.05, 4.69) is 192 Å². The van der Waals surface area contributed by atoms with Crippen molar-refractivity contribution in [1.82, 2.24) is 9.13 Å². The van der Waals surface area contributed by atoms with Gasteiger partial charge in [0.15, 0.2) is 0 Å². The van der Waals surface area contributed by atoms with E-state index >= 15 is 0 Å². The molecule has 244 valence electrons. The lowest BCUT2D eigenvalue weighted by Gasteiger charge is -2.14. The van der Waals surface area contributed by atoms with Crippen molar-refractivity contribution in [3.63, 3.8) is 0 Å². The van der Waals surface area contributed by atoms with E-state index in [0.29, 0.717) is 0 Å². The highest BCUT2D eigenvalue weighted by molar-refractivity contribution is 7.26. The second-order valence-corrected chi connectivity index (χ2v) is 14.8. The first-order valence-corrected chi connectivity index (χ1v) is 18.7. The van der Waals surface area contributed by atoms with Crippen LogP contribution in [-0.2, 0) is 0 Å². The second-order valence-electron chi connectivity index (χ2n) is 13.8. The number of hydrogen-bond donors (Lipinski definition) is 0. The summed E-state index contributed by atoms with van der Waals surface area (Å²) < 4.78 is 7.52. The van der Waals surface area contributed by atoms with Crippen LogP contribution in [0.3, 0.4) is 0 Å². The lowest BCUT2D eigenvalue weighted by Crippen LogP contribution is -1.97. The molecule has 0 fully saturated rings. The molecule has 0 aliphatic carbocycles. The summed E-state index contributed by atoms with van der Waals surface area (Å²) in [5.41, 5.74) is 13.5. The Balaban J connectivity index is 1.09. The monoisotopic (exact) mass is 680 g/mol. The molecule has 3 heterocycles. The SMILES string of the molecule is Cc1ccc(-c2cccc3c2sc2ccccc23)cc1-n1c2ccccc2c2cc(-c3ccc4c(c3)c3ccccc3n4-c3ccccc3)ccc21. The first kappa shape index (κ1) is 29.3. The highest BCUT2D eigenvalue weighted by Crippen LogP contribution is 2.42. The molecule has 0 radical (unpaired) electrons. The molecule has 3 aromatic heterocycles. The van der Waals surface area contributed by atoms with Crippen LogP contribution >= 0.6 is 11.3 Å². The van der Waals surface area contributed by atoms with Crippen molar-refractivity contribution < 1.29 is 0 Å². The Hall–Kier alpha value is -6.42. The third-order valence-electron chi connectivity index (χ3n) is 10.9. The number of benzene rings is 8. The van der Waals surface area contributed by atoms with Gasteiger partial charge in [-0.3, -0.25) is 0 Å². The molecule has 11 aromatic rings. The number of nitrogens with zero attached hydrogens (tertiary/aromatic N) is 2. The van der Waals surface area contributed by atoms with Gasteiger partial charge in [0.25, 0.3) is 0 Å². The van der Waals surface area contributed by atoms with Crippen molar-refractivity contribution in [3.05, 3.63) is 181 Å². The minimum Gasteiger partial charge on any atom is -0.309 e. The predicted octanol–water partition coefficient (Wildman–Crippen LogP) is 13.9. The van der Waals surface area contributed by atoms with E-state index < -0.39 is 0 Å². The molecule has 0 saturated heterocycles. The third kappa shape index (κ3) is 4.30. The van der Waals surface area contributed by atoms with Crippen LogP contribution in [0.25, 0.3) is 97.4 Å². The highest BCUT2D eigenvalue weighted by Gasteiger charge is 2.18. The van der Waals surface area contributed by atoms with Gasteiger partial charge in [-0.15, -0.1) is 11.3 Å². The van der Waals surface area contributed by atoms with E-state index in [-0.39, 0.29) is 0 Å². The van der Waals surface area contributed by atoms with Crippen LogP contribution in [0.4, 0.5) is 0 Å². The lowest BCUT2D eigenvalue weighted by atomic mass is 10.00. The molecule has 11 rings (SSSR count). The largest absolute Gasteiger partial charge is 0.309 e. The van der Waals surface area contributed by atoms with Crippen molar-refractivity contribution in [1.29, 1.82) is 0 Å². The smallest absolute Gasteiger partial charge is 0.0541 e. The molecule has 0 N–H and O–H groups in total. The average Bonchev–Trinajstić information content (AvgIpc) is 3.86. The van der Waals surface area contributed by atoms with Gasteiger partial charge < -0.3 is 9.13 Å². The van der Waals surface area contributed by atoms with Gasteiger partial charge in [0.2, 0.25) is 0 Å². The van der Waals surface area contributed by atoms with E-state index in [1.54, 1.807) is 0 Å². The molecule has 0 aliphatic rings. The lowest BCUT2D eigenvalue weighted by molar-refractivity contribution is 1.15. The second kappa shape index (κ2) is 11.3. The zero-order valence-electron chi connectivity index (χ0n) is 28.5. The van der Waals surface area contributed by atoms with Gasteiger partial charge in [0.05, 0.1) is 22.1 Å². The van der Waals surface area contributed by atoms with Gasteiger partial charge in [-0.2, -0.15) is 0 Å². The van der Waals surface area contributed by atoms with Crippen molar-refractivity contribution in [2.24, 2.45) is 0 Å². The fourth-order valence-corrected chi connectivity index (χ4v) is 9.65. The van der Waals surface area contributed by atoms with Crippen molar-refractivity contribution in [2.75, 3.05) is 0 Å². The quantitative estimate of drug-likeness (QED) is 0.175.